The molecule has 1 aliphatic rings. The van der Waals surface area contributed by atoms with Gasteiger partial charge in [-0.2, -0.15) is 0 Å². The summed E-state index contributed by atoms with van der Waals surface area (Å²) in [5, 5.41) is 0. The van der Waals surface area contributed by atoms with Crippen molar-refractivity contribution in [1.82, 2.24) is 0 Å². The minimum absolute atomic E-state index is 0.144. The number of allylic oxidation sites excluding steroid dienone is 4. The summed E-state index contributed by atoms with van der Waals surface area (Å²) in [5.41, 5.74) is 1.63. The summed E-state index contributed by atoms with van der Waals surface area (Å²) in [7, 11) is 0. The fourth-order valence-electron chi connectivity index (χ4n) is 2.42. The third kappa shape index (κ3) is 2.58. The van der Waals surface area contributed by atoms with Crippen LogP contribution < -0.4 is 0 Å². The van der Waals surface area contributed by atoms with E-state index >= 15 is 0 Å². The van der Waals surface area contributed by atoms with Crippen molar-refractivity contribution in [3.05, 3.63) is 23.8 Å². The van der Waals surface area contributed by atoms with Gasteiger partial charge in [-0.25, -0.2) is 0 Å². The van der Waals surface area contributed by atoms with Gasteiger partial charge in [-0.1, -0.05) is 38.5 Å². The van der Waals surface area contributed by atoms with Crippen LogP contribution in [0.5, 0.6) is 0 Å². The fraction of sp³-hybridized carbons (Fsp3) is 0.643. The van der Waals surface area contributed by atoms with E-state index in [0.29, 0.717) is 11.8 Å². The van der Waals surface area contributed by atoms with Crippen LogP contribution in [0.25, 0.3) is 0 Å². The molecule has 1 heteroatoms. The molecule has 0 aromatic heterocycles. The van der Waals surface area contributed by atoms with Crippen molar-refractivity contribution in [2.45, 2.75) is 41.0 Å². The average molecular weight is 206 g/mol. The van der Waals surface area contributed by atoms with E-state index in [1.54, 1.807) is 13.0 Å². The molecule has 0 bridgehead atoms. The highest BCUT2D eigenvalue weighted by molar-refractivity contribution is 5.87. The normalized spacial score (nSPS) is 30.3. The fourth-order valence-corrected chi connectivity index (χ4v) is 2.42. The van der Waals surface area contributed by atoms with Gasteiger partial charge in [0.2, 0.25) is 0 Å². The van der Waals surface area contributed by atoms with E-state index in [0.717, 1.165) is 6.42 Å². The third-order valence-corrected chi connectivity index (χ3v) is 3.80. The first kappa shape index (κ1) is 12.2. The zero-order valence-corrected chi connectivity index (χ0v) is 10.5. The minimum Gasteiger partial charge on any atom is -0.295 e. The third-order valence-electron chi connectivity index (χ3n) is 3.80. The van der Waals surface area contributed by atoms with Crippen LogP contribution in [0.4, 0.5) is 0 Å². The van der Waals surface area contributed by atoms with Crippen LogP contribution in [0.2, 0.25) is 0 Å². The maximum absolute atomic E-state index is 11.0. The second-order valence-electron chi connectivity index (χ2n) is 5.32. The first-order valence-corrected chi connectivity index (χ1v) is 5.71. The molecule has 0 unspecified atom stereocenters. The Kier molecular flexibility index (Phi) is 3.54. The van der Waals surface area contributed by atoms with Crippen molar-refractivity contribution < 1.29 is 4.79 Å². The number of rotatable bonds is 2. The molecule has 0 heterocycles. The smallest absolute Gasteiger partial charge is 0.152 e. The summed E-state index contributed by atoms with van der Waals surface area (Å²) in [6.07, 6.45) is 7.29. The van der Waals surface area contributed by atoms with E-state index in [4.69, 9.17) is 0 Å². The Labute approximate surface area is 93.3 Å². The van der Waals surface area contributed by atoms with Crippen molar-refractivity contribution in [2.75, 3.05) is 0 Å². The first-order valence-electron chi connectivity index (χ1n) is 5.71. The van der Waals surface area contributed by atoms with E-state index in [1.165, 1.54) is 5.57 Å². The number of ketones is 1. The van der Waals surface area contributed by atoms with E-state index in [1.807, 2.05) is 0 Å². The Morgan fingerprint density at radius 2 is 2.13 bits per heavy atom. The van der Waals surface area contributed by atoms with Gasteiger partial charge in [0.25, 0.3) is 0 Å². The van der Waals surface area contributed by atoms with Gasteiger partial charge >= 0.3 is 0 Å². The quantitative estimate of drug-likeness (QED) is 0.496. The number of carbonyl (C=O) groups excluding carboxylic acids is 1. The molecule has 0 saturated carbocycles. The van der Waals surface area contributed by atoms with Gasteiger partial charge in [0.15, 0.2) is 5.78 Å². The van der Waals surface area contributed by atoms with E-state index in [-0.39, 0.29) is 11.2 Å². The highest BCUT2D eigenvalue weighted by Gasteiger charge is 2.35. The second kappa shape index (κ2) is 4.34. The zero-order chi connectivity index (χ0) is 11.6. The van der Waals surface area contributed by atoms with Crippen LogP contribution in [0.1, 0.15) is 41.0 Å². The summed E-state index contributed by atoms with van der Waals surface area (Å²) in [6, 6.07) is 0. The molecule has 1 nitrogen and oxygen atoms in total. The zero-order valence-electron chi connectivity index (χ0n) is 10.5. The molecule has 0 aromatic rings. The molecule has 0 aromatic carbocycles. The van der Waals surface area contributed by atoms with Crippen LogP contribution in [0.15, 0.2) is 23.8 Å². The van der Waals surface area contributed by atoms with Crippen molar-refractivity contribution in [3.8, 4) is 0 Å². The van der Waals surface area contributed by atoms with Crippen LogP contribution in [0, 0.1) is 17.3 Å². The van der Waals surface area contributed by atoms with Gasteiger partial charge < -0.3 is 0 Å². The molecule has 1 rings (SSSR count). The lowest BCUT2D eigenvalue weighted by Gasteiger charge is -2.41. The van der Waals surface area contributed by atoms with E-state index in [2.05, 4.69) is 39.8 Å². The molecule has 0 N–H and O–H groups in total. The molecule has 0 spiro atoms. The van der Waals surface area contributed by atoms with Crippen LogP contribution >= 0.6 is 0 Å². The molecule has 1 aliphatic carbocycles. The highest BCUT2D eigenvalue weighted by Crippen LogP contribution is 2.44. The summed E-state index contributed by atoms with van der Waals surface area (Å²) in [4.78, 5) is 11.0. The van der Waals surface area contributed by atoms with Crippen molar-refractivity contribution in [1.29, 1.82) is 0 Å². The van der Waals surface area contributed by atoms with Crippen LogP contribution in [-0.2, 0) is 4.79 Å². The molecule has 0 saturated heterocycles. The van der Waals surface area contributed by atoms with Gasteiger partial charge in [0, 0.05) is 0 Å². The topological polar surface area (TPSA) is 17.1 Å². The van der Waals surface area contributed by atoms with Gasteiger partial charge in [-0.15, -0.1) is 0 Å². The summed E-state index contributed by atoms with van der Waals surface area (Å²) in [6.45, 7) is 10.6. The largest absolute Gasteiger partial charge is 0.295 e. The Hall–Kier alpha value is -0.850. The van der Waals surface area contributed by atoms with Crippen molar-refractivity contribution in [3.63, 3.8) is 0 Å². The molecule has 2 atom stereocenters. The Morgan fingerprint density at radius 3 is 2.67 bits per heavy atom. The van der Waals surface area contributed by atoms with Gasteiger partial charge in [0.1, 0.15) is 0 Å². The first-order chi connectivity index (χ1) is 6.85. The standard InChI is InChI=1S/C14H22O/c1-10-6-7-11(2)14(4,5)13(10)9-8-12(3)15/h7-10,13H,6H2,1-5H3/t10-,13+/m1/s1. The molecule has 15 heavy (non-hydrogen) atoms. The van der Waals surface area contributed by atoms with Crippen molar-refractivity contribution in [2.24, 2.45) is 17.3 Å². The minimum atomic E-state index is 0.144. The molecule has 0 aliphatic heterocycles. The molecular formula is C14H22O. The molecule has 0 fully saturated rings. The van der Waals surface area contributed by atoms with Crippen molar-refractivity contribution >= 4 is 5.78 Å². The van der Waals surface area contributed by atoms with Crippen LogP contribution in [-0.4, -0.2) is 5.78 Å². The average Bonchev–Trinajstić information content (AvgIpc) is 2.11. The Bertz CT molecular complexity index is 307. The molecule has 0 amide bonds. The van der Waals surface area contributed by atoms with Crippen LogP contribution in [0.3, 0.4) is 0 Å². The maximum Gasteiger partial charge on any atom is 0.152 e. The highest BCUT2D eigenvalue weighted by atomic mass is 16.1. The molecular weight excluding hydrogens is 184 g/mol. The number of carbonyl (C=O) groups is 1. The SMILES string of the molecule is CC(=O)C=C[C@H]1[C@H](C)CC=C(C)C1(C)C. The maximum atomic E-state index is 11.0. The lowest BCUT2D eigenvalue weighted by atomic mass is 9.64. The summed E-state index contributed by atoms with van der Waals surface area (Å²) < 4.78 is 0. The summed E-state index contributed by atoms with van der Waals surface area (Å²) in [5.74, 6) is 1.25. The predicted octanol–water partition coefficient (Wildman–Crippen LogP) is 3.76. The predicted molar refractivity (Wildman–Crippen MR) is 64.6 cm³/mol. The van der Waals surface area contributed by atoms with Gasteiger partial charge in [0.05, 0.1) is 0 Å². The van der Waals surface area contributed by atoms with Gasteiger partial charge in [-0.3, -0.25) is 4.79 Å². The van der Waals surface area contributed by atoms with Gasteiger partial charge in [-0.05, 0) is 43.6 Å². The number of hydrogen-bond acceptors (Lipinski definition) is 1. The summed E-state index contributed by atoms with van der Waals surface area (Å²) >= 11 is 0. The molecule has 84 valence electrons. The second-order valence-corrected chi connectivity index (χ2v) is 5.32. The Balaban J connectivity index is 2.95. The number of hydrogen-bond donors (Lipinski definition) is 0. The lowest BCUT2D eigenvalue weighted by molar-refractivity contribution is -0.112. The monoisotopic (exact) mass is 206 g/mol. The Morgan fingerprint density at radius 1 is 1.53 bits per heavy atom. The van der Waals surface area contributed by atoms with E-state index in [9.17, 15) is 4.79 Å². The molecule has 0 radical (unpaired) electrons. The van der Waals surface area contributed by atoms with E-state index < -0.39 is 0 Å². The lowest BCUT2D eigenvalue weighted by Crippen LogP contribution is -2.32.